The van der Waals surface area contributed by atoms with Gasteiger partial charge in [0.15, 0.2) is 18.1 Å². The number of amides is 3. The monoisotopic (exact) mass is 480 g/mol. The number of rotatable bonds is 10. The smallest absolute Gasteiger partial charge is 0.329 e. The third-order valence-corrected chi connectivity index (χ3v) is 5.06. The van der Waals surface area contributed by atoms with Gasteiger partial charge in [-0.1, -0.05) is 12.7 Å². The van der Waals surface area contributed by atoms with E-state index >= 15 is 0 Å². The number of benzene rings is 2. The molecule has 10 heteroatoms. The molecule has 0 radical (unpaired) electrons. The second-order valence-corrected chi connectivity index (χ2v) is 7.56. The zero-order valence-electron chi connectivity index (χ0n) is 19.5. The van der Waals surface area contributed by atoms with Crippen LogP contribution in [0.2, 0.25) is 0 Å². The summed E-state index contributed by atoms with van der Waals surface area (Å²) in [5, 5.41) is 6.29. The Morgan fingerprint density at radius 1 is 1.03 bits per heavy atom. The number of nitrogens with one attached hydrogen (secondary N) is 2. The van der Waals surface area contributed by atoms with E-state index < -0.39 is 11.8 Å². The first-order chi connectivity index (χ1) is 17.0. The lowest BCUT2D eigenvalue weighted by atomic mass is 10.2. The number of hydrazone groups is 1. The van der Waals surface area contributed by atoms with Gasteiger partial charge >= 0.3 is 11.8 Å². The lowest BCUT2D eigenvalue weighted by Gasteiger charge is -2.16. The molecule has 35 heavy (non-hydrogen) atoms. The fourth-order valence-corrected chi connectivity index (χ4v) is 3.27. The first-order valence-electron chi connectivity index (χ1n) is 11.1. The highest BCUT2D eigenvalue weighted by Crippen LogP contribution is 2.27. The Hall–Kier alpha value is -4.34. The summed E-state index contributed by atoms with van der Waals surface area (Å²) in [6.07, 6.45) is 5.01. The van der Waals surface area contributed by atoms with Crippen LogP contribution in [0.25, 0.3) is 0 Å². The molecule has 0 aliphatic carbocycles. The molecule has 1 aliphatic heterocycles. The number of likely N-dealkylation sites (tertiary alicyclic amines) is 1. The fourth-order valence-electron chi connectivity index (χ4n) is 3.27. The summed E-state index contributed by atoms with van der Waals surface area (Å²) >= 11 is 0. The largest absolute Gasteiger partial charge is 0.493 e. The first kappa shape index (κ1) is 25.3. The molecule has 2 N–H and O–H groups in total. The molecule has 0 bridgehead atoms. The zero-order chi connectivity index (χ0) is 25.0. The average molecular weight is 481 g/mol. The minimum atomic E-state index is -0.930. The van der Waals surface area contributed by atoms with Gasteiger partial charge in [0.1, 0.15) is 12.4 Å². The van der Waals surface area contributed by atoms with Gasteiger partial charge in [-0.15, -0.1) is 0 Å². The van der Waals surface area contributed by atoms with Crippen LogP contribution in [0.15, 0.2) is 60.2 Å². The quantitative estimate of drug-likeness (QED) is 0.233. The molecule has 0 atom stereocenters. The van der Waals surface area contributed by atoms with E-state index in [0.717, 1.165) is 25.9 Å². The van der Waals surface area contributed by atoms with Gasteiger partial charge in [-0.2, -0.15) is 5.10 Å². The van der Waals surface area contributed by atoms with Crippen molar-refractivity contribution in [2.24, 2.45) is 5.10 Å². The van der Waals surface area contributed by atoms with Crippen LogP contribution < -0.4 is 25.0 Å². The molecule has 0 saturated carbocycles. The van der Waals surface area contributed by atoms with Gasteiger partial charge in [-0.3, -0.25) is 14.4 Å². The summed E-state index contributed by atoms with van der Waals surface area (Å²) in [4.78, 5) is 38.0. The van der Waals surface area contributed by atoms with Gasteiger partial charge in [0.25, 0.3) is 5.91 Å². The van der Waals surface area contributed by atoms with Gasteiger partial charge in [0.2, 0.25) is 0 Å². The molecule has 184 valence electrons. The zero-order valence-corrected chi connectivity index (χ0v) is 19.5. The van der Waals surface area contributed by atoms with E-state index in [1.165, 1.54) is 13.3 Å². The maximum atomic E-state index is 12.2. The number of hydrogen-bond donors (Lipinski definition) is 2. The van der Waals surface area contributed by atoms with Crippen molar-refractivity contribution in [1.29, 1.82) is 0 Å². The molecule has 3 amide bonds. The number of ether oxygens (including phenoxy) is 3. The Bertz CT molecular complexity index is 1080. The standard InChI is InChI=1S/C25H28N4O6/c1-3-14-34-20-9-7-19(8-10-20)27-24(31)25(32)28-26-16-18-6-11-21(22(15-18)33-2)35-17-23(30)29-12-4-5-13-29/h3,6-11,15-16H,1,4-5,12-14,17H2,2H3,(H,27,31)(H,28,32)/b26-16-. The molecule has 0 aromatic heterocycles. The predicted octanol–water partition coefficient (Wildman–Crippen LogP) is 2.35. The summed E-state index contributed by atoms with van der Waals surface area (Å²) in [6, 6.07) is 11.5. The van der Waals surface area contributed by atoms with Crippen molar-refractivity contribution < 1.29 is 28.6 Å². The summed E-state index contributed by atoms with van der Waals surface area (Å²) in [5.41, 5.74) is 3.20. The molecule has 3 rings (SSSR count). The van der Waals surface area contributed by atoms with Gasteiger partial charge < -0.3 is 24.4 Å². The maximum Gasteiger partial charge on any atom is 0.329 e. The Kier molecular flexibility index (Phi) is 9.23. The second-order valence-electron chi connectivity index (χ2n) is 7.56. The van der Waals surface area contributed by atoms with Crippen molar-refractivity contribution in [3.63, 3.8) is 0 Å². The number of anilines is 1. The Balaban J connectivity index is 1.49. The van der Waals surface area contributed by atoms with Crippen LogP contribution >= 0.6 is 0 Å². The average Bonchev–Trinajstić information content (AvgIpc) is 3.42. The third kappa shape index (κ3) is 7.60. The van der Waals surface area contributed by atoms with Crippen LogP contribution in [-0.4, -0.2) is 62.2 Å². The van der Waals surface area contributed by atoms with Gasteiger partial charge in [0.05, 0.1) is 13.3 Å². The van der Waals surface area contributed by atoms with Crippen LogP contribution in [0.1, 0.15) is 18.4 Å². The van der Waals surface area contributed by atoms with Gasteiger partial charge in [0, 0.05) is 18.8 Å². The maximum absolute atomic E-state index is 12.2. The van der Waals surface area contributed by atoms with Crippen LogP contribution in [0.5, 0.6) is 17.2 Å². The molecule has 2 aromatic rings. The predicted molar refractivity (Wildman–Crippen MR) is 131 cm³/mol. The van der Waals surface area contributed by atoms with E-state index in [4.69, 9.17) is 14.2 Å². The Morgan fingerprint density at radius 3 is 2.46 bits per heavy atom. The lowest BCUT2D eigenvalue weighted by molar-refractivity contribution is -0.136. The normalized spacial score (nSPS) is 12.8. The summed E-state index contributed by atoms with van der Waals surface area (Å²) in [6.45, 7) is 5.39. The van der Waals surface area contributed by atoms with E-state index in [1.54, 1.807) is 53.4 Å². The van der Waals surface area contributed by atoms with Crippen LogP contribution in [0.3, 0.4) is 0 Å². The van der Waals surface area contributed by atoms with Crippen LogP contribution in [0.4, 0.5) is 5.69 Å². The summed E-state index contributed by atoms with van der Waals surface area (Å²) in [5.74, 6) is -0.420. The highest BCUT2D eigenvalue weighted by Gasteiger charge is 2.19. The highest BCUT2D eigenvalue weighted by molar-refractivity contribution is 6.39. The molecule has 1 fully saturated rings. The molecule has 0 unspecified atom stereocenters. The molecule has 1 heterocycles. The van der Waals surface area contributed by atoms with Crippen molar-refractivity contribution in [3.8, 4) is 17.2 Å². The van der Waals surface area contributed by atoms with Gasteiger partial charge in [-0.05, 0) is 60.9 Å². The number of carbonyl (C=O) groups excluding carboxylic acids is 3. The number of hydrogen-bond acceptors (Lipinski definition) is 7. The van der Waals surface area contributed by atoms with E-state index in [-0.39, 0.29) is 12.5 Å². The topological polar surface area (TPSA) is 119 Å². The minimum absolute atomic E-state index is 0.0619. The van der Waals surface area contributed by atoms with Crippen molar-refractivity contribution in [1.82, 2.24) is 10.3 Å². The third-order valence-electron chi connectivity index (χ3n) is 5.06. The Morgan fingerprint density at radius 2 is 1.77 bits per heavy atom. The van der Waals surface area contributed by atoms with Crippen LogP contribution in [-0.2, 0) is 14.4 Å². The van der Waals surface area contributed by atoms with Crippen molar-refractivity contribution in [3.05, 3.63) is 60.7 Å². The minimum Gasteiger partial charge on any atom is -0.493 e. The fraction of sp³-hybridized carbons (Fsp3) is 0.280. The molecule has 2 aromatic carbocycles. The molecule has 10 nitrogen and oxygen atoms in total. The highest BCUT2D eigenvalue weighted by atomic mass is 16.5. The number of methoxy groups -OCH3 is 1. The van der Waals surface area contributed by atoms with Crippen molar-refractivity contribution in [2.75, 3.05) is 38.7 Å². The second kappa shape index (κ2) is 12.8. The van der Waals surface area contributed by atoms with Gasteiger partial charge in [-0.25, -0.2) is 5.43 Å². The number of nitrogens with zero attached hydrogens (tertiary/aromatic N) is 2. The van der Waals surface area contributed by atoms with Crippen molar-refractivity contribution in [2.45, 2.75) is 12.8 Å². The van der Waals surface area contributed by atoms with Crippen molar-refractivity contribution >= 4 is 29.6 Å². The molecule has 1 aliphatic rings. The molecular weight excluding hydrogens is 452 g/mol. The lowest BCUT2D eigenvalue weighted by Crippen LogP contribution is -2.32. The Labute approximate surface area is 203 Å². The van der Waals surface area contributed by atoms with Crippen LogP contribution in [0, 0.1) is 0 Å². The van der Waals surface area contributed by atoms with E-state index in [1.807, 2.05) is 0 Å². The van der Waals surface area contributed by atoms with E-state index in [2.05, 4.69) is 22.4 Å². The number of carbonyl (C=O) groups is 3. The van der Waals surface area contributed by atoms with E-state index in [0.29, 0.717) is 35.1 Å². The molecular formula is C25H28N4O6. The first-order valence-corrected chi connectivity index (χ1v) is 11.1. The SMILES string of the molecule is C=CCOc1ccc(NC(=O)C(=O)N/N=C\c2ccc(OCC(=O)N3CCCC3)c(OC)c2)cc1. The summed E-state index contributed by atoms with van der Waals surface area (Å²) in [7, 11) is 1.48. The van der Waals surface area contributed by atoms with E-state index in [9.17, 15) is 14.4 Å². The molecule has 1 saturated heterocycles. The molecule has 0 spiro atoms. The summed E-state index contributed by atoms with van der Waals surface area (Å²) < 4.78 is 16.3.